The second-order valence-corrected chi connectivity index (χ2v) is 12.7. The molecule has 2 amide bonds. The van der Waals surface area contributed by atoms with Crippen LogP contribution in [0.25, 0.3) is 5.57 Å². The third-order valence-corrected chi connectivity index (χ3v) is 10.6. The number of carbonyl (C=O) groups excluding carboxylic acids is 4. The van der Waals surface area contributed by atoms with Gasteiger partial charge in [0, 0.05) is 17.4 Å². The van der Waals surface area contributed by atoms with Crippen molar-refractivity contribution in [2.75, 3.05) is 4.90 Å². The van der Waals surface area contributed by atoms with E-state index >= 15 is 0 Å². The number of carbonyl (C=O) groups is 4. The molecule has 0 bridgehead atoms. The topological polar surface area (TPSA) is 91.8 Å². The lowest BCUT2D eigenvalue weighted by Crippen LogP contribution is -2.58. The van der Waals surface area contributed by atoms with Crippen LogP contribution in [0.15, 0.2) is 133 Å². The van der Waals surface area contributed by atoms with E-state index in [1.807, 2.05) is 78.9 Å². The van der Waals surface area contributed by atoms with E-state index in [1.165, 1.54) is 11.0 Å². The lowest BCUT2D eigenvalue weighted by molar-refractivity contribution is -0.135. The van der Waals surface area contributed by atoms with Gasteiger partial charge in [0.15, 0.2) is 11.6 Å². The zero-order valence-electron chi connectivity index (χ0n) is 25.0. The Morgan fingerprint density at radius 2 is 1.39 bits per heavy atom. The quantitative estimate of drug-likeness (QED) is 0.214. The summed E-state index contributed by atoms with van der Waals surface area (Å²) in [7, 11) is 0. The molecule has 6 nitrogen and oxygen atoms in total. The van der Waals surface area contributed by atoms with Gasteiger partial charge in [-0.3, -0.25) is 24.1 Å². The fraction of sp³-hybridized carbons (Fsp3) is 0.200. The molecule has 1 N–H and O–H groups in total. The molecule has 6 heteroatoms. The predicted molar refractivity (Wildman–Crippen MR) is 174 cm³/mol. The number of nitrogens with zero attached hydrogens (tertiary/aromatic N) is 1. The third kappa shape index (κ3) is 3.96. The molecule has 4 aliphatic rings. The molecule has 6 unspecified atom stereocenters. The summed E-state index contributed by atoms with van der Waals surface area (Å²) in [4.78, 5) is 59.3. The van der Waals surface area contributed by atoms with Crippen molar-refractivity contribution in [3.63, 3.8) is 0 Å². The van der Waals surface area contributed by atoms with Gasteiger partial charge in [-0.15, -0.1) is 0 Å². The Labute approximate surface area is 266 Å². The van der Waals surface area contributed by atoms with Gasteiger partial charge in [0.1, 0.15) is 5.75 Å². The van der Waals surface area contributed by atoms with Gasteiger partial charge in [-0.25, -0.2) is 0 Å². The minimum Gasteiger partial charge on any atom is -0.508 e. The number of benzene rings is 4. The molecular formula is C40H31NO5. The molecule has 3 aliphatic carbocycles. The van der Waals surface area contributed by atoms with Crippen LogP contribution in [0.4, 0.5) is 5.69 Å². The van der Waals surface area contributed by atoms with Gasteiger partial charge in [0.25, 0.3) is 0 Å². The van der Waals surface area contributed by atoms with Crippen LogP contribution in [0.5, 0.6) is 5.75 Å². The highest BCUT2D eigenvalue weighted by molar-refractivity contribution is 6.32. The van der Waals surface area contributed by atoms with Crippen molar-refractivity contribution in [1.29, 1.82) is 0 Å². The molecule has 1 heterocycles. The number of amides is 2. The van der Waals surface area contributed by atoms with Gasteiger partial charge in [-0.2, -0.15) is 0 Å². The number of phenols is 1. The van der Waals surface area contributed by atoms with Crippen molar-refractivity contribution < 1.29 is 24.3 Å². The van der Waals surface area contributed by atoms with Crippen LogP contribution in [0.2, 0.25) is 0 Å². The number of ketones is 2. The second kappa shape index (κ2) is 10.6. The standard InChI is InChI=1S/C40H31NO5/c42-28-18-10-13-25(21-28)36-29-19-20-30-35(39(46)41(38(30)45)27-16-8-3-9-17-27)32(29)22-33-37(44)31(24-11-4-1-5-12-24)23-34(43)40(33,36)26-14-6-2-7-15-26/h1-19,21,23,30,32-33,35-36,42H,20,22H2. The fourth-order valence-corrected chi connectivity index (χ4v) is 8.79. The summed E-state index contributed by atoms with van der Waals surface area (Å²) < 4.78 is 0. The van der Waals surface area contributed by atoms with E-state index in [0.29, 0.717) is 28.8 Å². The normalized spacial score (nSPS) is 28.6. The number of anilines is 1. The number of fused-ring (bicyclic) bond motifs is 4. The summed E-state index contributed by atoms with van der Waals surface area (Å²) in [5, 5.41) is 10.7. The molecule has 0 spiro atoms. The molecule has 1 saturated carbocycles. The van der Waals surface area contributed by atoms with E-state index in [-0.39, 0.29) is 35.6 Å². The van der Waals surface area contributed by atoms with Crippen LogP contribution >= 0.6 is 0 Å². The molecule has 226 valence electrons. The fourth-order valence-electron chi connectivity index (χ4n) is 8.79. The Balaban J connectivity index is 1.36. The van der Waals surface area contributed by atoms with Gasteiger partial charge < -0.3 is 5.11 Å². The van der Waals surface area contributed by atoms with Crippen molar-refractivity contribution >= 4 is 34.6 Å². The summed E-state index contributed by atoms with van der Waals surface area (Å²) >= 11 is 0. The van der Waals surface area contributed by atoms with Crippen LogP contribution in [-0.4, -0.2) is 28.5 Å². The zero-order chi connectivity index (χ0) is 31.6. The summed E-state index contributed by atoms with van der Waals surface area (Å²) in [6.07, 6.45) is 4.14. The maximum absolute atomic E-state index is 15.0. The highest BCUT2D eigenvalue weighted by Crippen LogP contribution is 2.63. The lowest BCUT2D eigenvalue weighted by Gasteiger charge is -2.55. The molecule has 4 aromatic carbocycles. The number of aromatic hydroxyl groups is 1. The van der Waals surface area contributed by atoms with E-state index < -0.39 is 35.0 Å². The molecule has 1 aliphatic heterocycles. The summed E-state index contributed by atoms with van der Waals surface area (Å²) in [5.74, 6) is -3.95. The number of Topliss-reactive ketones (excluding diaryl/α,β-unsaturated/α-hetero) is 1. The molecule has 1 saturated heterocycles. The first-order valence-corrected chi connectivity index (χ1v) is 15.7. The molecule has 4 aromatic rings. The summed E-state index contributed by atoms with van der Waals surface area (Å²) in [6.45, 7) is 0. The lowest BCUT2D eigenvalue weighted by atomic mass is 9.44. The Kier molecular flexibility index (Phi) is 6.50. The van der Waals surface area contributed by atoms with Crippen molar-refractivity contribution in [3.8, 4) is 5.75 Å². The van der Waals surface area contributed by atoms with Crippen LogP contribution in [0.1, 0.15) is 35.4 Å². The Bertz CT molecular complexity index is 1960. The van der Waals surface area contributed by atoms with Gasteiger partial charge in [-0.1, -0.05) is 103 Å². The molecule has 6 atom stereocenters. The third-order valence-electron chi connectivity index (χ3n) is 10.6. The van der Waals surface area contributed by atoms with Crippen LogP contribution in [0.3, 0.4) is 0 Å². The van der Waals surface area contributed by atoms with Crippen molar-refractivity contribution in [2.45, 2.75) is 24.2 Å². The van der Waals surface area contributed by atoms with E-state index in [2.05, 4.69) is 0 Å². The maximum Gasteiger partial charge on any atom is 0.238 e. The number of rotatable bonds is 4. The Morgan fingerprint density at radius 1 is 0.717 bits per heavy atom. The number of allylic oxidation sites excluding steroid dienone is 4. The number of imide groups is 1. The van der Waals surface area contributed by atoms with Gasteiger partial charge in [-0.05, 0) is 65.8 Å². The SMILES string of the molecule is O=C1C(c2ccccc2)=CC(=O)C2(c3ccccc3)C1CC1C(=CCC3C(=O)N(c4ccccc4)C(=O)C31)C2c1cccc(O)c1. The minimum atomic E-state index is -1.32. The van der Waals surface area contributed by atoms with Crippen molar-refractivity contribution in [1.82, 2.24) is 0 Å². The maximum atomic E-state index is 15.0. The highest BCUT2D eigenvalue weighted by Gasteiger charge is 2.66. The van der Waals surface area contributed by atoms with E-state index in [1.54, 1.807) is 42.5 Å². The molecule has 2 fully saturated rings. The molecule has 0 aromatic heterocycles. The highest BCUT2D eigenvalue weighted by atomic mass is 16.3. The smallest absolute Gasteiger partial charge is 0.238 e. The largest absolute Gasteiger partial charge is 0.508 e. The Hall–Kier alpha value is -5.36. The number of hydrogen-bond acceptors (Lipinski definition) is 5. The molecule has 8 rings (SSSR count). The van der Waals surface area contributed by atoms with Crippen LogP contribution in [-0.2, 0) is 24.6 Å². The second-order valence-electron chi connectivity index (χ2n) is 12.7. The van der Waals surface area contributed by atoms with E-state index in [9.17, 15) is 24.3 Å². The van der Waals surface area contributed by atoms with Crippen LogP contribution in [0, 0.1) is 23.7 Å². The molecule has 0 radical (unpaired) electrons. The first kappa shape index (κ1) is 28.1. The van der Waals surface area contributed by atoms with Gasteiger partial charge >= 0.3 is 0 Å². The number of hydrogen-bond donors (Lipinski definition) is 1. The molecular weight excluding hydrogens is 574 g/mol. The summed E-state index contributed by atoms with van der Waals surface area (Å²) in [6, 6.07) is 34.5. The number of para-hydroxylation sites is 1. The van der Waals surface area contributed by atoms with Crippen molar-refractivity contribution in [2.24, 2.45) is 23.7 Å². The van der Waals surface area contributed by atoms with E-state index in [0.717, 1.165) is 11.1 Å². The van der Waals surface area contributed by atoms with Crippen molar-refractivity contribution in [3.05, 3.63) is 150 Å². The zero-order valence-corrected chi connectivity index (χ0v) is 25.0. The summed E-state index contributed by atoms with van der Waals surface area (Å²) in [5.41, 5.74) is 2.53. The predicted octanol–water partition coefficient (Wildman–Crippen LogP) is 6.42. The first-order chi connectivity index (χ1) is 22.4. The minimum absolute atomic E-state index is 0.0474. The molecule has 46 heavy (non-hydrogen) atoms. The van der Waals surface area contributed by atoms with Gasteiger partial charge in [0.2, 0.25) is 11.8 Å². The first-order valence-electron chi connectivity index (χ1n) is 15.7. The average Bonchev–Trinajstić information content (AvgIpc) is 3.35. The van der Waals surface area contributed by atoms with Gasteiger partial charge in [0.05, 0.1) is 22.9 Å². The van der Waals surface area contributed by atoms with E-state index in [4.69, 9.17) is 0 Å². The monoisotopic (exact) mass is 605 g/mol. The number of phenolic OH excluding ortho intramolecular Hbond substituents is 1. The van der Waals surface area contributed by atoms with Crippen LogP contribution < -0.4 is 4.90 Å². The Morgan fingerprint density at radius 3 is 2.09 bits per heavy atom. The average molecular weight is 606 g/mol.